The summed E-state index contributed by atoms with van der Waals surface area (Å²) in [5.74, 6) is -0.551. The van der Waals surface area contributed by atoms with Crippen molar-refractivity contribution in [2.75, 3.05) is 7.05 Å². The van der Waals surface area contributed by atoms with Gasteiger partial charge in [0.05, 0.1) is 26.9 Å². The second-order valence-electron chi connectivity index (χ2n) is 6.46. The van der Waals surface area contributed by atoms with Gasteiger partial charge in [-0.3, -0.25) is 14.9 Å². The highest BCUT2D eigenvalue weighted by Crippen LogP contribution is 2.24. The zero-order chi connectivity index (χ0) is 21.1. The molecule has 0 bridgehead atoms. The third-order valence-corrected chi connectivity index (χ3v) is 5.80. The lowest BCUT2D eigenvalue weighted by Crippen LogP contribution is -2.31. The minimum Gasteiger partial charge on any atom is -0.337 e. The lowest BCUT2D eigenvalue weighted by atomic mass is 10.1. The van der Waals surface area contributed by atoms with E-state index in [2.05, 4.69) is 4.72 Å². The van der Waals surface area contributed by atoms with Crippen LogP contribution in [0.25, 0.3) is 0 Å². The molecule has 8 nitrogen and oxygen atoms in total. The predicted molar refractivity (Wildman–Crippen MR) is 106 cm³/mol. The summed E-state index contributed by atoms with van der Waals surface area (Å²) in [6, 6.07) is 9.61. The quantitative estimate of drug-likeness (QED) is 0.541. The van der Waals surface area contributed by atoms with E-state index in [0.29, 0.717) is 5.56 Å². The molecule has 0 aliphatic heterocycles. The summed E-state index contributed by atoms with van der Waals surface area (Å²) in [4.78, 5) is 24.6. The van der Waals surface area contributed by atoms with Crippen LogP contribution in [0.5, 0.6) is 0 Å². The first-order valence-corrected chi connectivity index (χ1v) is 10.2. The van der Waals surface area contributed by atoms with E-state index in [1.54, 1.807) is 26.0 Å². The van der Waals surface area contributed by atoms with Crippen molar-refractivity contribution in [3.63, 3.8) is 0 Å². The van der Waals surface area contributed by atoms with Gasteiger partial charge in [0.1, 0.15) is 0 Å². The van der Waals surface area contributed by atoms with Gasteiger partial charge in [0, 0.05) is 24.7 Å². The molecule has 150 valence electrons. The number of nitrogens with zero attached hydrogens (tertiary/aromatic N) is 2. The number of nitro groups is 1. The van der Waals surface area contributed by atoms with Crippen molar-refractivity contribution in [1.29, 1.82) is 0 Å². The van der Waals surface area contributed by atoms with Crippen molar-refractivity contribution >= 4 is 33.2 Å². The molecule has 0 unspecified atom stereocenters. The number of carbonyl (C=O) groups excluding carboxylic acids is 1. The van der Waals surface area contributed by atoms with Gasteiger partial charge in [-0.1, -0.05) is 29.8 Å². The molecular weight excluding hydrogens is 406 g/mol. The van der Waals surface area contributed by atoms with Crippen molar-refractivity contribution in [3.05, 3.63) is 68.7 Å². The maximum Gasteiger partial charge on any atom is 0.274 e. The average molecular weight is 426 g/mol. The average Bonchev–Trinajstić information content (AvgIpc) is 2.60. The third kappa shape index (κ3) is 5.06. The Balaban J connectivity index is 2.34. The fourth-order valence-corrected chi connectivity index (χ4v) is 4.04. The van der Waals surface area contributed by atoms with Gasteiger partial charge in [-0.05, 0) is 32.0 Å². The Morgan fingerprint density at radius 2 is 1.89 bits per heavy atom. The number of hydrogen-bond donors (Lipinski definition) is 1. The molecule has 0 saturated heterocycles. The predicted octanol–water partition coefficient (Wildman–Crippen LogP) is 3.21. The Morgan fingerprint density at radius 3 is 2.50 bits per heavy atom. The molecule has 0 spiro atoms. The highest BCUT2D eigenvalue weighted by molar-refractivity contribution is 7.89. The summed E-state index contributed by atoms with van der Waals surface area (Å²) in [5.41, 5.74) is 0.241. The SMILES string of the molecule is CC(C)NS(=O)(=O)c1ccc(Cl)c(C(=O)N(C)Cc2ccccc2[N+](=O)[O-])c1. The van der Waals surface area contributed by atoms with Crippen molar-refractivity contribution in [2.45, 2.75) is 31.3 Å². The highest BCUT2D eigenvalue weighted by Gasteiger charge is 2.23. The largest absolute Gasteiger partial charge is 0.337 e. The van der Waals surface area contributed by atoms with E-state index in [1.165, 1.54) is 42.3 Å². The van der Waals surface area contributed by atoms with Gasteiger partial charge >= 0.3 is 0 Å². The lowest BCUT2D eigenvalue weighted by Gasteiger charge is -2.19. The van der Waals surface area contributed by atoms with Gasteiger partial charge in [0.25, 0.3) is 11.6 Å². The van der Waals surface area contributed by atoms with Crippen molar-refractivity contribution in [1.82, 2.24) is 9.62 Å². The molecule has 2 aromatic carbocycles. The van der Waals surface area contributed by atoms with E-state index in [0.717, 1.165) is 0 Å². The zero-order valence-electron chi connectivity index (χ0n) is 15.5. The number of benzene rings is 2. The number of hydrogen-bond acceptors (Lipinski definition) is 5. The van der Waals surface area contributed by atoms with E-state index >= 15 is 0 Å². The number of carbonyl (C=O) groups is 1. The van der Waals surface area contributed by atoms with E-state index in [1.807, 2.05) is 0 Å². The molecule has 0 aliphatic carbocycles. The first kappa shape index (κ1) is 21.8. The number of halogens is 1. The third-order valence-electron chi connectivity index (χ3n) is 3.81. The highest BCUT2D eigenvalue weighted by atomic mass is 35.5. The molecule has 28 heavy (non-hydrogen) atoms. The van der Waals surface area contributed by atoms with Gasteiger partial charge in [0.15, 0.2) is 0 Å². The number of nitro benzene ring substituents is 1. The summed E-state index contributed by atoms with van der Waals surface area (Å²) in [7, 11) is -2.34. The van der Waals surface area contributed by atoms with Gasteiger partial charge < -0.3 is 4.90 Å². The number of para-hydroxylation sites is 1. The summed E-state index contributed by atoms with van der Waals surface area (Å²) in [5, 5.41) is 11.2. The zero-order valence-corrected chi connectivity index (χ0v) is 17.1. The fraction of sp³-hybridized carbons (Fsp3) is 0.278. The minimum atomic E-state index is -3.80. The minimum absolute atomic E-state index is 0.00520. The number of sulfonamides is 1. The number of nitrogens with one attached hydrogen (secondary N) is 1. The Kier molecular flexibility index (Phi) is 6.76. The maximum atomic E-state index is 12.8. The molecule has 0 radical (unpaired) electrons. The monoisotopic (exact) mass is 425 g/mol. The normalized spacial score (nSPS) is 11.5. The van der Waals surface area contributed by atoms with Crippen LogP contribution in [0.1, 0.15) is 29.8 Å². The topological polar surface area (TPSA) is 110 Å². The van der Waals surface area contributed by atoms with Crippen LogP contribution in [-0.4, -0.2) is 37.2 Å². The smallest absolute Gasteiger partial charge is 0.274 e. The molecular formula is C18H20ClN3O5S. The molecule has 1 N–H and O–H groups in total. The Hall–Kier alpha value is -2.49. The summed E-state index contributed by atoms with van der Waals surface area (Å²) < 4.78 is 27.1. The standard InChI is InChI=1S/C18H20ClN3O5S/c1-12(2)20-28(26,27)14-8-9-16(19)15(10-14)18(23)21(3)11-13-6-4-5-7-17(13)22(24)25/h4-10,12,20H,11H2,1-3H3. The van der Waals surface area contributed by atoms with Crippen LogP contribution in [0.2, 0.25) is 5.02 Å². The van der Waals surface area contributed by atoms with Crippen LogP contribution in [0.3, 0.4) is 0 Å². The molecule has 0 atom stereocenters. The van der Waals surface area contributed by atoms with Crippen LogP contribution < -0.4 is 4.72 Å². The first-order valence-electron chi connectivity index (χ1n) is 8.32. The molecule has 0 fully saturated rings. The van der Waals surface area contributed by atoms with Crippen molar-refractivity contribution in [3.8, 4) is 0 Å². The second-order valence-corrected chi connectivity index (χ2v) is 8.59. The van der Waals surface area contributed by atoms with Crippen LogP contribution >= 0.6 is 11.6 Å². The van der Waals surface area contributed by atoms with Gasteiger partial charge in [-0.25, -0.2) is 13.1 Å². The molecule has 0 saturated carbocycles. The van der Waals surface area contributed by atoms with Crippen molar-refractivity contribution in [2.24, 2.45) is 0 Å². The van der Waals surface area contributed by atoms with Crippen LogP contribution in [-0.2, 0) is 16.6 Å². The lowest BCUT2D eigenvalue weighted by molar-refractivity contribution is -0.385. The van der Waals surface area contributed by atoms with Crippen LogP contribution in [0, 0.1) is 10.1 Å². The first-order chi connectivity index (χ1) is 13.0. The summed E-state index contributed by atoms with van der Waals surface area (Å²) in [6.45, 7) is 3.33. The number of rotatable bonds is 7. The molecule has 0 aliphatic rings. The molecule has 0 aromatic heterocycles. The molecule has 10 heteroatoms. The summed E-state index contributed by atoms with van der Waals surface area (Å²) >= 11 is 6.10. The molecule has 2 rings (SSSR count). The van der Waals surface area contributed by atoms with E-state index in [4.69, 9.17) is 11.6 Å². The van der Waals surface area contributed by atoms with E-state index in [9.17, 15) is 23.3 Å². The van der Waals surface area contributed by atoms with Crippen LogP contribution in [0.4, 0.5) is 5.69 Å². The Labute approximate surface area is 168 Å². The van der Waals surface area contributed by atoms with Crippen molar-refractivity contribution < 1.29 is 18.1 Å². The number of amides is 1. The fourth-order valence-electron chi connectivity index (χ4n) is 2.57. The second kappa shape index (κ2) is 8.68. The molecule has 0 heterocycles. The summed E-state index contributed by atoms with van der Waals surface area (Å²) in [6.07, 6.45) is 0. The Morgan fingerprint density at radius 1 is 1.25 bits per heavy atom. The van der Waals surface area contributed by atoms with Gasteiger partial charge in [-0.2, -0.15) is 0 Å². The van der Waals surface area contributed by atoms with E-state index < -0.39 is 20.9 Å². The van der Waals surface area contributed by atoms with Gasteiger partial charge in [0.2, 0.25) is 10.0 Å². The maximum absolute atomic E-state index is 12.8. The Bertz CT molecular complexity index is 1010. The van der Waals surface area contributed by atoms with E-state index in [-0.39, 0.29) is 33.8 Å². The molecule has 1 amide bonds. The van der Waals surface area contributed by atoms with Crippen LogP contribution in [0.15, 0.2) is 47.4 Å². The van der Waals surface area contributed by atoms with Gasteiger partial charge in [-0.15, -0.1) is 0 Å². The molecule has 2 aromatic rings.